The molecule has 2 fully saturated rings. The number of hydrogen-bond acceptors (Lipinski definition) is 2. The molecule has 2 aliphatic rings. The second-order valence-corrected chi connectivity index (χ2v) is 7.79. The predicted octanol–water partition coefficient (Wildman–Crippen LogP) is 4.17. The average Bonchev–Trinajstić information content (AvgIpc) is 2.97. The Morgan fingerprint density at radius 3 is 2.43 bits per heavy atom. The quantitative estimate of drug-likeness (QED) is 0.854. The van der Waals surface area contributed by atoms with E-state index < -0.39 is 5.60 Å². The van der Waals surface area contributed by atoms with Crippen LogP contribution in [0.15, 0.2) is 18.2 Å². The molecule has 0 amide bonds. The van der Waals surface area contributed by atoms with Crippen LogP contribution in [0.4, 0.5) is 0 Å². The maximum atomic E-state index is 10.3. The predicted molar refractivity (Wildman–Crippen MR) is 88.2 cm³/mol. The van der Waals surface area contributed by atoms with Crippen LogP contribution in [0, 0.1) is 5.92 Å². The minimum Gasteiger partial charge on any atom is -0.390 e. The summed E-state index contributed by atoms with van der Waals surface area (Å²) in [6.07, 6.45) is 4.94. The highest BCUT2D eigenvalue weighted by atomic mass is 35.5. The van der Waals surface area contributed by atoms with Gasteiger partial charge in [0.25, 0.3) is 0 Å². The summed E-state index contributed by atoms with van der Waals surface area (Å²) in [5.74, 6) is 0.617. The van der Waals surface area contributed by atoms with E-state index in [4.69, 9.17) is 23.2 Å². The Bertz CT molecular complexity index is 514. The van der Waals surface area contributed by atoms with Crippen molar-refractivity contribution in [3.05, 3.63) is 33.8 Å². The largest absolute Gasteiger partial charge is 0.390 e. The third kappa shape index (κ3) is 2.96. The molecule has 1 aliphatic heterocycles. The van der Waals surface area contributed by atoms with E-state index in [1.165, 1.54) is 12.0 Å². The van der Waals surface area contributed by atoms with Crippen LogP contribution in [0.5, 0.6) is 0 Å². The summed E-state index contributed by atoms with van der Waals surface area (Å²) in [6.45, 7) is 4.10. The van der Waals surface area contributed by atoms with Gasteiger partial charge in [-0.2, -0.15) is 0 Å². The second-order valence-electron chi connectivity index (χ2n) is 6.97. The van der Waals surface area contributed by atoms with E-state index in [2.05, 4.69) is 11.4 Å². The molecule has 2 N–H and O–H groups in total. The lowest BCUT2D eigenvalue weighted by molar-refractivity contribution is -0.0105. The lowest BCUT2D eigenvalue weighted by Gasteiger charge is -2.47. The molecule has 0 spiro atoms. The number of aliphatic hydroxyl groups is 1. The minimum atomic E-state index is -0.522. The van der Waals surface area contributed by atoms with E-state index in [9.17, 15) is 5.11 Å². The summed E-state index contributed by atoms with van der Waals surface area (Å²) in [5, 5.41) is 15.1. The van der Waals surface area contributed by atoms with Crippen LogP contribution in [-0.2, 0) is 5.41 Å². The molecule has 0 bridgehead atoms. The van der Waals surface area contributed by atoms with Crippen molar-refractivity contribution in [1.82, 2.24) is 5.32 Å². The maximum absolute atomic E-state index is 10.3. The van der Waals surface area contributed by atoms with Crippen molar-refractivity contribution >= 4 is 23.2 Å². The van der Waals surface area contributed by atoms with Crippen LogP contribution in [0.25, 0.3) is 0 Å². The van der Waals surface area contributed by atoms with Gasteiger partial charge in [0, 0.05) is 0 Å². The third-order valence-corrected chi connectivity index (χ3v) is 6.29. The molecule has 4 heteroatoms. The molecule has 1 aromatic rings. The molecule has 116 valence electrons. The summed E-state index contributed by atoms with van der Waals surface area (Å²) < 4.78 is 0. The molecule has 1 aromatic carbocycles. The van der Waals surface area contributed by atoms with Gasteiger partial charge in [-0.3, -0.25) is 0 Å². The van der Waals surface area contributed by atoms with E-state index in [-0.39, 0.29) is 5.41 Å². The Labute approximate surface area is 136 Å². The smallest absolute Gasteiger partial charge is 0.0620 e. The highest BCUT2D eigenvalue weighted by Crippen LogP contribution is 2.50. The standard InChI is InChI=1S/C17H23Cl2NO/c1-16(21)5-7-17(8-6-16,13-4-9-20-11-13)12-2-3-14(18)15(19)10-12/h2-3,10,13,20-21H,4-9,11H2,1H3/t13-,16-,17+/m1/s1. The Hall–Kier alpha value is -0.280. The van der Waals surface area contributed by atoms with Crippen molar-refractivity contribution in [1.29, 1.82) is 0 Å². The Balaban J connectivity index is 1.98. The summed E-state index contributed by atoms with van der Waals surface area (Å²) in [4.78, 5) is 0. The van der Waals surface area contributed by atoms with Crippen molar-refractivity contribution < 1.29 is 5.11 Å². The number of nitrogens with one attached hydrogen (secondary N) is 1. The molecule has 1 aliphatic carbocycles. The van der Waals surface area contributed by atoms with E-state index in [1.54, 1.807) is 0 Å². The lowest BCUT2D eigenvalue weighted by Crippen LogP contribution is -2.44. The minimum absolute atomic E-state index is 0.125. The summed E-state index contributed by atoms with van der Waals surface area (Å²) in [6, 6.07) is 6.09. The van der Waals surface area contributed by atoms with Crippen LogP contribution in [0.3, 0.4) is 0 Å². The van der Waals surface area contributed by atoms with E-state index in [0.29, 0.717) is 16.0 Å². The molecule has 1 atom stereocenters. The molecule has 0 radical (unpaired) electrons. The van der Waals surface area contributed by atoms with Crippen molar-refractivity contribution in [3.63, 3.8) is 0 Å². The first-order valence-electron chi connectivity index (χ1n) is 7.82. The summed E-state index contributed by atoms with van der Waals surface area (Å²) in [5.41, 5.74) is 0.896. The monoisotopic (exact) mass is 327 g/mol. The maximum Gasteiger partial charge on any atom is 0.0620 e. The van der Waals surface area contributed by atoms with E-state index >= 15 is 0 Å². The van der Waals surface area contributed by atoms with Crippen molar-refractivity contribution in [3.8, 4) is 0 Å². The van der Waals surface area contributed by atoms with Crippen molar-refractivity contribution in [2.24, 2.45) is 5.92 Å². The third-order valence-electron chi connectivity index (χ3n) is 5.56. The van der Waals surface area contributed by atoms with Crippen LogP contribution < -0.4 is 5.32 Å². The second kappa shape index (κ2) is 5.73. The van der Waals surface area contributed by atoms with Gasteiger partial charge in [-0.05, 0) is 81.1 Å². The fourth-order valence-corrected chi connectivity index (χ4v) is 4.40. The van der Waals surface area contributed by atoms with Gasteiger partial charge >= 0.3 is 0 Å². The molecule has 0 unspecified atom stereocenters. The van der Waals surface area contributed by atoms with Gasteiger partial charge in [0.05, 0.1) is 15.6 Å². The van der Waals surface area contributed by atoms with Gasteiger partial charge in [0.15, 0.2) is 0 Å². The molecule has 1 saturated heterocycles. The van der Waals surface area contributed by atoms with Crippen LogP contribution in [0.2, 0.25) is 10.0 Å². The molecule has 2 nitrogen and oxygen atoms in total. The van der Waals surface area contributed by atoms with Crippen molar-refractivity contribution in [2.45, 2.75) is 50.0 Å². The number of benzene rings is 1. The zero-order valence-corrected chi connectivity index (χ0v) is 14.0. The van der Waals surface area contributed by atoms with Gasteiger partial charge in [-0.15, -0.1) is 0 Å². The topological polar surface area (TPSA) is 32.3 Å². The van der Waals surface area contributed by atoms with Crippen LogP contribution in [0.1, 0.15) is 44.6 Å². The molecule has 1 saturated carbocycles. The number of halogens is 2. The van der Waals surface area contributed by atoms with E-state index in [0.717, 1.165) is 38.8 Å². The molecular formula is C17H23Cl2NO. The zero-order valence-electron chi connectivity index (χ0n) is 12.5. The Morgan fingerprint density at radius 2 is 1.86 bits per heavy atom. The van der Waals surface area contributed by atoms with E-state index in [1.807, 2.05) is 19.1 Å². The van der Waals surface area contributed by atoms with Crippen LogP contribution in [-0.4, -0.2) is 23.8 Å². The first kappa shape index (κ1) is 15.6. The molecule has 21 heavy (non-hydrogen) atoms. The van der Waals surface area contributed by atoms with Gasteiger partial charge in [0.1, 0.15) is 0 Å². The SMILES string of the molecule is C[C@]1(O)CC[C@@](c2ccc(Cl)c(Cl)c2)([C@@H]2CCNC2)CC1. The van der Waals surface area contributed by atoms with Crippen molar-refractivity contribution in [2.75, 3.05) is 13.1 Å². The summed E-state index contributed by atoms with van der Waals surface area (Å²) >= 11 is 12.3. The Morgan fingerprint density at radius 1 is 1.14 bits per heavy atom. The van der Waals surface area contributed by atoms with Crippen LogP contribution >= 0.6 is 23.2 Å². The van der Waals surface area contributed by atoms with Gasteiger partial charge in [-0.25, -0.2) is 0 Å². The van der Waals surface area contributed by atoms with Gasteiger partial charge < -0.3 is 10.4 Å². The highest BCUT2D eigenvalue weighted by Gasteiger charge is 2.46. The highest BCUT2D eigenvalue weighted by molar-refractivity contribution is 6.42. The molecule has 1 heterocycles. The first-order chi connectivity index (χ1) is 9.93. The number of hydrogen-bond donors (Lipinski definition) is 2. The fraction of sp³-hybridized carbons (Fsp3) is 0.647. The summed E-state index contributed by atoms with van der Waals surface area (Å²) in [7, 11) is 0. The fourth-order valence-electron chi connectivity index (χ4n) is 4.10. The Kier molecular flexibility index (Phi) is 4.26. The first-order valence-corrected chi connectivity index (χ1v) is 8.57. The van der Waals surface area contributed by atoms with Gasteiger partial charge in [0.2, 0.25) is 0 Å². The molecule has 3 rings (SSSR count). The number of rotatable bonds is 2. The molecule has 0 aromatic heterocycles. The zero-order chi connectivity index (χ0) is 15.1. The molecular weight excluding hydrogens is 305 g/mol. The lowest BCUT2D eigenvalue weighted by atomic mass is 9.59. The van der Waals surface area contributed by atoms with Gasteiger partial charge in [-0.1, -0.05) is 29.3 Å². The normalized spacial score (nSPS) is 36.9. The average molecular weight is 328 g/mol.